The van der Waals surface area contributed by atoms with Gasteiger partial charge in [0.1, 0.15) is 13.2 Å². The van der Waals surface area contributed by atoms with Crippen molar-refractivity contribution in [1.82, 2.24) is 9.80 Å². The number of fused-ring (bicyclic) bond motifs is 1. The fraction of sp³-hybridized carbons (Fsp3) is 0.444. The van der Waals surface area contributed by atoms with Gasteiger partial charge in [-0.05, 0) is 42.7 Å². The Morgan fingerprint density at radius 2 is 1.86 bits per heavy atom. The molecule has 8 nitrogen and oxygen atoms in total. The van der Waals surface area contributed by atoms with E-state index < -0.39 is 5.41 Å². The van der Waals surface area contributed by atoms with Crippen molar-refractivity contribution in [2.75, 3.05) is 40.5 Å². The Balaban J connectivity index is 1.62. The van der Waals surface area contributed by atoms with Gasteiger partial charge in [-0.3, -0.25) is 19.3 Å². The quantitative estimate of drug-likeness (QED) is 0.540. The molecule has 35 heavy (non-hydrogen) atoms. The van der Waals surface area contributed by atoms with Crippen molar-refractivity contribution >= 4 is 17.7 Å². The number of aryl methyl sites for hydroxylation is 1. The number of ether oxygens (including phenoxy) is 3. The van der Waals surface area contributed by atoms with Crippen LogP contribution >= 0.6 is 0 Å². The Morgan fingerprint density at radius 3 is 2.57 bits per heavy atom. The first-order chi connectivity index (χ1) is 16.8. The molecular formula is C27H32N2O6. The molecule has 0 bridgehead atoms. The van der Waals surface area contributed by atoms with Gasteiger partial charge in [-0.2, -0.15) is 0 Å². The van der Waals surface area contributed by atoms with Gasteiger partial charge in [-0.1, -0.05) is 30.3 Å². The summed E-state index contributed by atoms with van der Waals surface area (Å²) in [5.41, 5.74) is 1.24. The third-order valence-electron chi connectivity index (χ3n) is 7.06. The first-order valence-electron chi connectivity index (χ1n) is 11.8. The van der Waals surface area contributed by atoms with Gasteiger partial charge in [0.05, 0.1) is 24.6 Å². The number of amides is 3. The Kier molecular flexibility index (Phi) is 7.12. The lowest BCUT2D eigenvalue weighted by molar-refractivity contribution is -0.143. The van der Waals surface area contributed by atoms with Crippen LogP contribution in [0.5, 0.6) is 11.5 Å². The van der Waals surface area contributed by atoms with Gasteiger partial charge >= 0.3 is 0 Å². The van der Waals surface area contributed by atoms with E-state index >= 15 is 0 Å². The standard InChI is InChI=1S/C27H32N2O6/c1-18-7-5-6-8-21(18)27(17-25(31)29(26(27)32)11-12-33-4)16-24(30)28(3)19(2)20-9-10-22-23(15-20)35-14-13-34-22/h5-10,15,19H,11-14,16-17H2,1-4H3/t19-,27+/m0/s1. The summed E-state index contributed by atoms with van der Waals surface area (Å²) in [5, 5.41) is 0. The number of nitrogens with zero attached hydrogens (tertiary/aromatic N) is 2. The molecule has 0 spiro atoms. The van der Waals surface area contributed by atoms with Crippen molar-refractivity contribution < 1.29 is 28.6 Å². The van der Waals surface area contributed by atoms with E-state index in [0.717, 1.165) is 11.1 Å². The summed E-state index contributed by atoms with van der Waals surface area (Å²) in [6.45, 7) is 5.23. The van der Waals surface area contributed by atoms with E-state index in [0.29, 0.717) is 30.3 Å². The maximum absolute atomic E-state index is 13.7. The number of rotatable bonds is 8. The van der Waals surface area contributed by atoms with E-state index in [2.05, 4.69) is 0 Å². The molecule has 3 amide bonds. The van der Waals surface area contributed by atoms with Gasteiger partial charge in [0.15, 0.2) is 11.5 Å². The molecule has 2 heterocycles. The maximum Gasteiger partial charge on any atom is 0.240 e. The zero-order chi connectivity index (χ0) is 25.2. The second-order valence-corrected chi connectivity index (χ2v) is 9.18. The number of likely N-dealkylation sites (tertiary alicyclic amines) is 1. The van der Waals surface area contributed by atoms with Crippen molar-refractivity contribution in [2.24, 2.45) is 0 Å². The van der Waals surface area contributed by atoms with Gasteiger partial charge in [0.25, 0.3) is 0 Å². The van der Waals surface area contributed by atoms with E-state index in [9.17, 15) is 14.4 Å². The van der Waals surface area contributed by atoms with Gasteiger partial charge in [-0.25, -0.2) is 0 Å². The molecule has 2 atom stereocenters. The fourth-order valence-electron chi connectivity index (χ4n) is 4.91. The highest BCUT2D eigenvalue weighted by atomic mass is 16.6. The predicted molar refractivity (Wildman–Crippen MR) is 129 cm³/mol. The Morgan fingerprint density at radius 1 is 1.14 bits per heavy atom. The molecule has 0 saturated carbocycles. The van der Waals surface area contributed by atoms with Crippen molar-refractivity contribution in [3.8, 4) is 11.5 Å². The van der Waals surface area contributed by atoms with Crippen LogP contribution in [-0.2, 0) is 24.5 Å². The highest BCUT2D eigenvalue weighted by Gasteiger charge is 2.54. The average molecular weight is 481 g/mol. The molecule has 8 heteroatoms. The lowest BCUT2D eigenvalue weighted by Crippen LogP contribution is -2.44. The lowest BCUT2D eigenvalue weighted by atomic mass is 9.74. The zero-order valence-electron chi connectivity index (χ0n) is 20.7. The minimum atomic E-state index is -1.24. The largest absolute Gasteiger partial charge is 0.486 e. The predicted octanol–water partition coefficient (Wildman–Crippen LogP) is 3.02. The SMILES string of the molecule is COCCN1C(=O)C[C@](CC(=O)N(C)[C@@H](C)c2ccc3c(c2)OCCO3)(c2ccccc2C)C1=O. The highest BCUT2D eigenvalue weighted by molar-refractivity contribution is 6.11. The average Bonchev–Trinajstić information content (AvgIpc) is 3.10. The van der Waals surface area contributed by atoms with E-state index in [4.69, 9.17) is 14.2 Å². The van der Waals surface area contributed by atoms with E-state index in [1.54, 1.807) is 11.9 Å². The van der Waals surface area contributed by atoms with Gasteiger partial charge in [-0.15, -0.1) is 0 Å². The van der Waals surface area contributed by atoms with Crippen LogP contribution < -0.4 is 9.47 Å². The van der Waals surface area contributed by atoms with E-state index in [-0.39, 0.29) is 49.8 Å². The number of methoxy groups -OCH3 is 1. The molecule has 2 aliphatic rings. The molecule has 1 fully saturated rings. The van der Waals surface area contributed by atoms with Crippen molar-refractivity contribution in [1.29, 1.82) is 0 Å². The summed E-state index contributed by atoms with van der Waals surface area (Å²) < 4.78 is 16.4. The molecule has 0 aromatic heterocycles. The van der Waals surface area contributed by atoms with Crippen molar-refractivity contribution in [2.45, 2.75) is 38.1 Å². The van der Waals surface area contributed by atoms with Crippen molar-refractivity contribution in [3.05, 3.63) is 59.2 Å². The Labute approximate surface area is 205 Å². The minimum Gasteiger partial charge on any atom is -0.486 e. The molecule has 0 radical (unpaired) electrons. The third kappa shape index (κ3) is 4.62. The molecule has 4 rings (SSSR count). The molecule has 0 N–H and O–H groups in total. The van der Waals surface area contributed by atoms with E-state index in [1.165, 1.54) is 12.0 Å². The lowest BCUT2D eigenvalue weighted by Gasteiger charge is -2.33. The molecule has 0 unspecified atom stereocenters. The molecule has 2 aliphatic heterocycles. The Hall–Kier alpha value is -3.39. The van der Waals surface area contributed by atoms with Gasteiger partial charge in [0, 0.05) is 27.0 Å². The van der Waals surface area contributed by atoms with Crippen LogP contribution in [0.25, 0.3) is 0 Å². The van der Waals surface area contributed by atoms with Crippen LogP contribution in [0.1, 0.15) is 42.5 Å². The first-order valence-corrected chi connectivity index (χ1v) is 11.8. The maximum atomic E-state index is 13.7. The topological polar surface area (TPSA) is 85.4 Å². The molecule has 2 aromatic carbocycles. The van der Waals surface area contributed by atoms with Crippen LogP contribution in [0.3, 0.4) is 0 Å². The van der Waals surface area contributed by atoms with Crippen molar-refractivity contribution in [3.63, 3.8) is 0 Å². The Bertz CT molecular complexity index is 1130. The number of benzene rings is 2. The summed E-state index contributed by atoms with van der Waals surface area (Å²) in [5.74, 6) is 0.493. The zero-order valence-corrected chi connectivity index (χ0v) is 20.7. The number of hydrogen-bond acceptors (Lipinski definition) is 6. The number of hydrogen-bond donors (Lipinski definition) is 0. The fourth-order valence-corrected chi connectivity index (χ4v) is 4.91. The second-order valence-electron chi connectivity index (χ2n) is 9.18. The monoisotopic (exact) mass is 480 g/mol. The normalized spacial score (nSPS) is 20.2. The molecular weight excluding hydrogens is 448 g/mol. The number of imide groups is 1. The second kappa shape index (κ2) is 10.1. The highest BCUT2D eigenvalue weighted by Crippen LogP contribution is 2.42. The smallest absolute Gasteiger partial charge is 0.240 e. The molecule has 186 valence electrons. The van der Waals surface area contributed by atoms with Crippen LogP contribution in [0, 0.1) is 6.92 Å². The summed E-state index contributed by atoms with van der Waals surface area (Å²) in [7, 11) is 3.25. The summed E-state index contributed by atoms with van der Waals surface area (Å²) in [4.78, 5) is 43.1. The molecule has 2 aromatic rings. The molecule has 1 saturated heterocycles. The third-order valence-corrected chi connectivity index (χ3v) is 7.06. The van der Waals surface area contributed by atoms with Crippen LogP contribution in [0.4, 0.5) is 0 Å². The summed E-state index contributed by atoms with van der Waals surface area (Å²) in [6, 6.07) is 12.8. The van der Waals surface area contributed by atoms with Gasteiger partial charge < -0.3 is 19.1 Å². The van der Waals surface area contributed by atoms with Crippen LogP contribution in [0.2, 0.25) is 0 Å². The minimum absolute atomic E-state index is 0.0433. The first kappa shape index (κ1) is 24.7. The van der Waals surface area contributed by atoms with Gasteiger partial charge in [0.2, 0.25) is 17.7 Å². The number of carbonyl (C=O) groups excluding carboxylic acids is 3. The van der Waals surface area contributed by atoms with Crippen LogP contribution in [0.15, 0.2) is 42.5 Å². The number of carbonyl (C=O) groups is 3. The van der Waals surface area contributed by atoms with E-state index in [1.807, 2.05) is 56.3 Å². The summed E-state index contributed by atoms with van der Waals surface area (Å²) >= 11 is 0. The summed E-state index contributed by atoms with van der Waals surface area (Å²) in [6.07, 6.45) is -0.143. The molecule has 0 aliphatic carbocycles. The van der Waals surface area contributed by atoms with Crippen LogP contribution in [-0.4, -0.2) is 68.0 Å².